The quantitative estimate of drug-likeness (QED) is 0.157. The van der Waals surface area contributed by atoms with E-state index in [1.54, 1.807) is 0 Å². The van der Waals surface area contributed by atoms with Crippen molar-refractivity contribution in [3.63, 3.8) is 0 Å². The van der Waals surface area contributed by atoms with Gasteiger partial charge in [0.2, 0.25) is 0 Å². The van der Waals surface area contributed by atoms with Crippen molar-refractivity contribution < 1.29 is 0 Å². The summed E-state index contributed by atoms with van der Waals surface area (Å²) in [5.41, 5.74) is 25.9. The Balaban J connectivity index is 0.982. The lowest BCUT2D eigenvalue weighted by atomic mass is 9.39. The first-order valence-corrected chi connectivity index (χ1v) is 31.0. The molecule has 2 heteroatoms. The topological polar surface area (TPSA) is 6.48 Å². The third kappa shape index (κ3) is 6.85. The van der Waals surface area contributed by atoms with E-state index in [-0.39, 0.29) is 21.7 Å². The Bertz CT molecular complexity index is 4510. The van der Waals surface area contributed by atoms with Crippen molar-refractivity contribution in [2.24, 2.45) is 10.8 Å². The molecule has 86 heavy (non-hydrogen) atoms. The van der Waals surface area contributed by atoms with Gasteiger partial charge in [0.15, 0.2) is 0 Å². The zero-order valence-corrected chi connectivity index (χ0v) is 51.1. The molecular weight excluding hydrogens is 1040 g/mol. The minimum absolute atomic E-state index is 0.180. The van der Waals surface area contributed by atoms with Crippen molar-refractivity contribution in [2.45, 2.75) is 90.9 Å². The Morgan fingerprint density at radius 1 is 0.244 bits per heavy atom. The lowest BCUT2D eigenvalue weighted by Gasteiger charge is -2.62. The van der Waals surface area contributed by atoms with Gasteiger partial charge in [-0.2, -0.15) is 0 Å². The molecule has 0 bridgehead atoms. The van der Waals surface area contributed by atoms with Crippen molar-refractivity contribution in [2.75, 3.05) is 9.80 Å². The van der Waals surface area contributed by atoms with Crippen LogP contribution in [0.2, 0.25) is 0 Å². The first-order valence-electron chi connectivity index (χ1n) is 31.0. The first-order chi connectivity index (χ1) is 41.5. The van der Waals surface area contributed by atoms with E-state index in [1.165, 1.54) is 111 Å². The SMILES string of the molecule is CC1(C)c2ccccc2-c2ccc(N(c3ccc4c(c3)C(C(C)(C)C)(C3(C(C)(C)C)c5ccccc5-c5ccc(N(c6ccc7c(c6)C(C)(C)c6ccccc6-7)c6cccc7ccccc67)cc53)c3ccccc3-4)c3cccc4ccccc34)cc21. The zero-order chi connectivity index (χ0) is 58.9. The molecule has 0 heterocycles. The van der Waals surface area contributed by atoms with E-state index in [0.29, 0.717) is 0 Å². The summed E-state index contributed by atoms with van der Waals surface area (Å²) < 4.78 is 0. The summed E-state index contributed by atoms with van der Waals surface area (Å²) in [6.45, 7) is 24.8. The Hall–Kier alpha value is -9.24. The van der Waals surface area contributed by atoms with Crippen LogP contribution in [0.15, 0.2) is 255 Å². The largest absolute Gasteiger partial charge is 0.310 e. The molecule has 12 aromatic carbocycles. The summed E-state index contributed by atoms with van der Waals surface area (Å²) in [6, 6.07) is 98.1. The van der Waals surface area contributed by atoms with Gasteiger partial charge in [-0.25, -0.2) is 0 Å². The summed E-state index contributed by atoms with van der Waals surface area (Å²) in [5.74, 6) is 0. The van der Waals surface area contributed by atoms with Gasteiger partial charge in [-0.1, -0.05) is 263 Å². The fourth-order valence-corrected chi connectivity index (χ4v) is 17.7. The van der Waals surface area contributed by atoms with Gasteiger partial charge in [-0.15, -0.1) is 0 Å². The zero-order valence-electron chi connectivity index (χ0n) is 51.1. The minimum Gasteiger partial charge on any atom is -0.310 e. The normalized spacial score (nSPS) is 17.9. The molecule has 16 rings (SSSR count). The highest BCUT2D eigenvalue weighted by Crippen LogP contribution is 2.75. The highest BCUT2D eigenvalue weighted by Gasteiger charge is 2.70. The third-order valence-electron chi connectivity index (χ3n) is 21.1. The van der Waals surface area contributed by atoms with Gasteiger partial charge in [0.05, 0.1) is 11.4 Å². The highest BCUT2D eigenvalue weighted by atomic mass is 15.2. The Morgan fingerprint density at radius 3 is 0.872 bits per heavy atom. The summed E-state index contributed by atoms with van der Waals surface area (Å²) in [7, 11) is 0. The van der Waals surface area contributed by atoms with Gasteiger partial charge in [-0.3, -0.25) is 0 Å². The third-order valence-corrected chi connectivity index (χ3v) is 21.1. The molecule has 0 amide bonds. The van der Waals surface area contributed by atoms with Crippen molar-refractivity contribution in [1.82, 2.24) is 0 Å². The van der Waals surface area contributed by atoms with Crippen molar-refractivity contribution in [1.29, 1.82) is 0 Å². The molecule has 2 nitrogen and oxygen atoms in total. The van der Waals surface area contributed by atoms with Crippen LogP contribution in [-0.2, 0) is 21.7 Å². The first kappa shape index (κ1) is 52.3. The lowest BCUT2D eigenvalue weighted by molar-refractivity contribution is 0.0594. The van der Waals surface area contributed by atoms with Crippen LogP contribution < -0.4 is 9.80 Å². The second-order valence-corrected chi connectivity index (χ2v) is 28.0. The van der Waals surface area contributed by atoms with Gasteiger partial charge < -0.3 is 9.80 Å². The molecule has 0 fully saturated rings. The smallest absolute Gasteiger partial charge is 0.0540 e. The van der Waals surface area contributed by atoms with Crippen LogP contribution in [0.1, 0.15) is 114 Å². The van der Waals surface area contributed by atoms with Crippen LogP contribution in [0.3, 0.4) is 0 Å². The van der Waals surface area contributed by atoms with Crippen molar-refractivity contribution in [3.05, 3.63) is 299 Å². The van der Waals surface area contributed by atoms with Gasteiger partial charge >= 0.3 is 0 Å². The van der Waals surface area contributed by atoms with Gasteiger partial charge in [-0.05, 0) is 171 Å². The number of hydrogen-bond acceptors (Lipinski definition) is 2. The van der Waals surface area contributed by atoms with E-state index < -0.39 is 10.8 Å². The molecule has 0 aliphatic heterocycles. The van der Waals surface area contributed by atoms with Crippen LogP contribution in [0.5, 0.6) is 0 Å². The summed E-state index contributed by atoms with van der Waals surface area (Å²) in [6.07, 6.45) is 0. The highest BCUT2D eigenvalue weighted by molar-refractivity contribution is 6.03. The molecule has 0 saturated carbocycles. The maximum atomic E-state index is 2.64. The molecule has 0 saturated heterocycles. The second-order valence-electron chi connectivity index (χ2n) is 28.0. The molecule has 4 aliphatic rings. The fraction of sp³-hybridized carbons (Fsp3) is 0.190. The van der Waals surface area contributed by atoms with Crippen LogP contribution in [0.4, 0.5) is 34.1 Å². The lowest BCUT2D eigenvalue weighted by Crippen LogP contribution is -2.62. The van der Waals surface area contributed by atoms with Crippen molar-refractivity contribution in [3.8, 4) is 44.5 Å². The molecule has 0 aromatic heterocycles. The molecule has 12 aromatic rings. The molecular formula is C84H72N2. The monoisotopic (exact) mass is 1110 g/mol. The molecule has 0 N–H and O–H groups in total. The number of anilines is 6. The van der Waals surface area contributed by atoms with E-state index in [0.717, 1.165) is 34.1 Å². The Morgan fingerprint density at radius 2 is 0.512 bits per heavy atom. The van der Waals surface area contributed by atoms with Crippen LogP contribution in [0.25, 0.3) is 66.1 Å². The molecule has 2 unspecified atom stereocenters. The molecule has 2 atom stereocenters. The average molecular weight is 1110 g/mol. The van der Waals surface area contributed by atoms with Crippen molar-refractivity contribution >= 4 is 55.7 Å². The molecule has 0 spiro atoms. The summed E-state index contributed by atoms with van der Waals surface area (Å²) in [4.78, 5) is 5.16. The Kier molecular flexibility index (Phi) is 11.0. The van der Waals surface area contributed by atoms with E-state index in [9.17, 15) is 0 Å². The maximum Gasteiger partial charge on any atom is 0.0540 e. The van der Waals surface area contributed by atoms with Gasteiger partial charge in [0, 0.05) is 55.2 Å². The van der Waals surface area contributed by atoms with Crippen LogP contribution in [-0.4, -0.2) is 0 Å². The van der Waals surface area contributed by atoms with Crippen LogP contribution >= 0.6 is 0 Å². The summed E-state index contributed by atoms with van der Waals surface area (Å²) in [5, 5.41) is 4.87. The number of hydrogen-bond donors (Lipinski definition) is 0. The molecule has 4 aliphatic carbocycles. The van der Waals surface area contributed by atoms with E-state index >= 15 is 0 Å². The van der Waals surface area contributed by atoms with Gasteiger partial charge in [0.1, 0.15) is 0 Å². The molecule has 418 valence electrons. The second kappa shape index (κ2) is 18.1. The number of benzene rings is 12. The number of fused-ring (bicyclic) bond motifs is 14. The van der Waals surface area contributed by atoms with Crippen LogP contribution in [0, 0.1) is 10.8 Å². The predicted molar refractivity (Wildman–Crippen MR) is 364 cm³/mol. The van der Waals surface area contributed by atoms with E-state index in [2.05, 4.69) is 334 Å². The average Bonchev–Trinajstić information content (AvgIpc) is 1.44. The number of rotatable bonds is 7. The molecule has 0 radical (unpaired) electrons. The Labute approximate surface area is 508 Å². The maximum absolute atomic E-state index is 2.64. The van der Waals surface area contributed by atoms with E-state index in [4.69, 9.17) is 0 Å². The van der Waals surface area contributed by atoms with E-state index in [1.807, 2.05) is 0 Å². The number of nitrogens with zero attached hydrogens (tertiary/aromatic N) is 2. The standard InChI is InChI=1S/C84H72N2/c1-79(2,3)83(71-37-21-17-33-63(71)67-47-43-57(51-75(67)83)85(77-39-23-27-53-25-11-13-29-59(53)77)55-41-45-65-61-31-15-19-35-69(61)81(7,8)73(65)49-55)84(80(4,5)6)72-38-22-18-34-64(72)68-48-44-58(52-76(68)84)86(78-40-24-28-54-26-12-14-30-60(54)78)56-42-46-66-62-32-16-20-36-70(62)82(9,10)74(66)50-56/h11-52H,1-10H3. The minimum atomic E-state index is -0.653. The fourth-order valence-electron chi connectivity index (χ4n) is 17.7. The summed E-state index contributed by atoms with van der Waals surface area (Å²) >= 11 is 0. The predicted octanol–water partition coefficient (Wildman–Crippen LogP) is 22.9. The van der Waals surface area contributed by atoms with Gasteiger partial charge in [0.25, 0.3) is 0 Å².